The number of nitrogens with zero attached hydrogens (tertiary/aromatic N) is 1. The molecule has 0 bridgehead atoms. The monoisotopic (exact) mass is 328 g/mol. The largest absolute Gasteiger partial charge is 0.385 e. The van der Waals surface area contributed by atoms with Gasteiger partial charge in [-0.1, -0.05) is 13.0 Å². The van der Waals surface area contributed by atoms with Gasteiger partial charge in [0.2, 0.25) is 0 Å². The average molecular weight is 329 g/mol. The highest BCUT2D eigenvalue weighted by Gasteiger charge is 2.09. The zero-order valence-corrected chi connectivity index (χ0v) is 14.0. The van der Waals surface area contributed by atoms with Crippen molar-refractivity contribution in [3.63, 3.8) is 0 Å². The summed E-state index contributed by atoms with van der Waals surface area (Å²) in [5.41, 5.74) is 2.53. The number of hydrogen-bond acceptors (Lipinski definition) is 3. The summed E-state index contributed by atoms with van der Waals surface area (Å²) in [5, 5.41) is 3.43. The van der Waals surface area contributed by atoms with Crippen molar-refractivity contribution in [3.8, 4) is 0 Å². The summed E-state index contributed by atoms with van der Waals surface area (Å²) in [6.07, 6.45) is 1.04. The van der Waals surface area contributed by atoms with Crippen molar-refractivity contribution in [3.05, 3.63) is 28.2 Å². The van der Waals surface area contributed by atoms with E-state index in [1.54, 1.807) is 7.11 Å². The van der Waals surface area contributed by atoms with E-state index in [4.69, 9.17) is 4.74 Å². The standard InChI is InChI=1S/C15H25BrN2O/c1-5-17-12(2)13-7-8-15(14(16)11-13)18(3)9-6-10-19-4/h7-8,11-12,17H,5-6,9-10H2,1-4H3. The van der Waals surface area contributed by atoms with Gasteiger partial charge in [0.15, 0.2) is 0 Å². The Balaban J connectivity index is 2.70. The van der Waals surface area contributed by atoms with Gasteiger partial charge in [0.05, 0.1) is 5.69 Å². The Bertz CT molecular complexity index is 384. The number of rotatable bonds is 8. The van der Waals surface area contributed by atoms with Crippen molar-refractivity contribution >= 4 is 21.6 Å². The van der Waals surface area contributed by atoms with E-state index in [1.807, 2.05) is 0 Å². The van der Waals surface area contributed by atoms with Crippen LogP contribution in [-0.4, -0.2) is 33.9 Å². The van der Waals surface area contributed by atoms with E-state index in [1.165, 1.54) is 11.3 Å². The van der Waals surface area contributed by atoms with Crippen LogP contribution in [0.25, 0.3) is 0 Å². The Morgan fingerprint density at radius 3 is 2.74 bits per heavy atom. The highest BCUT2D eigenvalue weighted by Crippen LogP contribution is 2.28. The Morgan fingerprint density at radius 1 is 1.42 bits per heavy atom. The highest BCUT2D eigenvalue weighted by atomic mass is 79.9. The molecule has 0 spiro atoms. The van der Waals surface area contributed by atoms with Gasteiger partial charge in [0.1, 0.15) is 0 Å². The van der Waals surface area contributed by atoms with E-state index in [0.717, 1.165) is 30.6 Å². The molecule has 1 N–H and O–H groups in total. The van der Waals surface area contributed by atoms with Crippen LogP contribution in [0.3, 0.4) is 0 Å². The second kappa shape index (κ2) is 8.56. The smallest absolute Gasteiger partial charge is 0.0508 e. The predicted octanol–water partition coefficient (Wildman–Crippen LogP) is 3.59. The van der Waals surface area contributed by atoms with Crippen LogP contribution in [-0.2, 0) is 4.74 Å². The lowest BCUT2D eigenvalue weighted by Gasteiger charge is -2.22. The van der Waals surface area contributed by atoms with Crippen molar-refractivity contribution in [1.82, 2.24) is 5.32 Å². The fourth-order valence-corrected chi connectivity index (χ4v) is 2.79. The van der Waals surface area contributed by atoms with Crippen LogP contribution in [0.1, 0.15) is 31.9 Å². The van der Waals surface area contributed by atoms with E-state index in [0.29, 0.717) is 6.04 Å². The third-order valence-electron chi connectivity index (χ3n) is 3.24. The van der Waals surface area contributed by atoms with Crippen molar-refractivity contribution in [2.75, 3.05) is 38.8 Å². The van der Waals surface area contributed by atoms with Crippen LogP contribution >= 0.6 is 15.9 Å². The van der Waals surface area contributed by atoms with E-state index in [-0.39, 0.29) is 0 Å². The van der Waals surface area contributed by atoms with Crippen LogP contribution in [0, 0.1) is 0 Å². The number of ether oxygens (including phenoxy) is 1. The predicted molar refractivity (Wildman–Crippen MR) is 86.0 cm³/mol. The third-order valence-corrected chi connectivity index (χ3v) is 3.87. The van der Waals surface area contributed by atoms with E-state index < -0.39 is 0 Å². The molecule has 0 aliphatic heterocycles. The average Bonchev–Trinajstić information content (AvgIpc) is 2.39. The Kier molecular flexibility index (Phi) is 7.42. The molecule has 3 nitrogen and oxygen atoms in total. The molecule has 1 unspecified atom stereocenters. The summed E-state index contributed by atoms with van der Waals surface area (Å²) >= 11 is 3.68. The van der Waals surface area contributed by atoms with Gasteiger partial charge < -0.3 is 15.0 Å². The van der Waals surface area contributed by atoms with Crippen LogP contribution in [0.2, 0.25) is 0 Å². The maximum absolute atomic E-state index is 5.09. The minimum Gasteiger partial charge on any atom is -0.385 e. The molecule has 0 heterocycles. The molecule has 1 aromatic carbocycles. The normalized spacial score (nSPS) is 12.5. The summed E-state index contributed by atoms with van der Waals surface area (Å²) in [4.78, 5) is 2.25. The quantitative estimate of drug-likeness (QED) is 0.738. The minimum absolute atomic E-state index is 0.383. The molecule has 0 saturated heterocycles. The van der Waals surface area contributed by atoms with Crippen LogP contribution in [0.15, 0.2) is 22.7 Å². The molecule has 19 heavy (non-hydrogen) atoms. The maximum atomic E-state index is 5.09. The zero-order valence-electron chi connectivity index (χ0n) is 12.4. The summed E-state index contributed by atoms with van der Waals surface area (Å²) in [6.45, 7) is 7.10. The first-order valence-electron chi connectivity index (χ1n) is 6.83. The van der Waals surface area contributed by atoms with Gasteiger partial charge in [-0.15, -0.1) is 0 Å². The number of nitrogens with one attached hydrogen (secondary N) is 1. The number of hydrogen-bond donors (Lipinski definition) is 1. The van der Waals surface area contributed by atoms with E-state index in [2.05, 4.69) is 65.2 Å². The Hall–Kier alpha value is -0.580. The van der Waals surface area contributed by atoms with Crippen molar-refractivity contribution in [2.24, 2.45) is 0 Å². The molecule has 4 heteroatoms. The van der Waals surface area contributed by atoms with Gasteiger partial charge >= 0.3 is 0 Å². The molecule has 1 atom stereocenters. The maximum Gasteiger partial charge on any atom is 0.0508 e. The molecule has 1 aromatic rings. The molecule has 0 aliphatic rings. The topological polar surface area (TPSA) is 24.5 Å². The SMILES string of the molecule is CCNC(C)c1ccc(N(C)CCCOC)c(Br)c1. The lowest BCUT2D eigenvalue weighted by atomic mass is 10.1. The summed E-state index contributed by atoms with van der Waals surface area (Å²) in [6, 6.07) is 6.96. The van der Waals surface area contributed by atoms with Gasteiger partial charge in [0.25, 0.3) is 0 Å². The third kappa shape index (κ3) is 5.13. The van der Waals surface area contributed by atoms with Crippen LogP contribution in [0.5, 0.6) is 0 Å². The summed E-state index contributed by atoms with van der Waals surface area (Å²) < 4.78 is 6.24. The van der Waals surface area contributed by atoms with Gasteiger partial charge in [-0.3, -0.25) is 0 Å². The van der Waals surface area contributed by atoms with Gasteiger partial charge in [-0.2, -0.15) is 0 Å². The fraction of sp³-hybridized carbons (Fsp3) is 0.600. The van der Waals surface area contributed by atoms with E-state index in [9.17, 15) is 0 Å². The summed E-state index contributed by atoms with van der Waals surface area (Å²) in [7, 11) is 3.86. The molecule has 1 rings (SSSR count). The first-order chi connectivity index (χ1) is 9.10. The molecular weight excluding hydrogens is 304 g/mol. The first kappa shape index (κ1) is 16.5. The fourth-order valence-electron chi connectivity index (χ4n) is 2.09. The van der Waals surface area contributed by atoms with E-state index >= 15 is 0 Å². The highest BCUT2D eigenvalue weighted by molar-refractivity contribution is 9.10. The molecule has 0 radical (unpaired) electrons. The second-order valence-electron chi connectivity index (χ2n) is 4.76. The molecule has 0 saturated carbocycles. The first-order valence-corrected chi connectivity index (χ1v) is 7.62. The molecular formula is C15H25BrN2O. The number of halogens is 1. The molecule has 108 valence electrons. The van der Waals surface area contributed by atoms with Crippen molar-refractivity contribution < 1.29 is 4.74 Å². The molecule has 0 aromatic heterocycles. The van der Waals surface area contributed by atoms with Gasteiger partial charge in [-0.05, 0) is 53.5 Å². The Labute approximate surface area is 125 Å². The number of benzene rings is 1. The number of anilines is 1. The van der Waals surface area contributed by atoms with Gasteiger partial charge in [-0.25, -0.2) is 0 Å². The van der Waals surface area contributed by atoms with Crippen molar-refractivity contribution in [2.45, 2.75) is 26.3 Å². The molecule has 0 amide bonds. The minimum atomic E-state index is 0.383. The number of methoxy groups -OCH3 is 1. The van der Waals surface area contributed by atoms with Crippen molar-refractivity contribution in [1.29, 1.82) is 0 Å². The summed E-state index contributed by atoms with van der Waals surface area (Å²) in [5.74, 6) is 0. The molecule has 0 fully saturated rings. The second-order valence-corrected chi connectivity index (χ2v) is 5.61. The Morgan fingerprint density at radius 2 is 2.16 bits per heavy atom. The van der Waals surface area contributed by atoms with Crippen LogP contribution in [0.4, 0.5) is 5.69 Å². The van der Waals surface area contributed by atoms with Gasteiger partial charge in [0, 0.05) is 37.8 Å². The lowest BCUT2D eigenvalue weighted by Crippen LogP contribution is -2.21. The zero-order chi connectivity index (χ0) is 14.3. The van der Waals surface area contributed by atoms with Crippen LogP contribution < -0.4 is 10.2 Å². The molecule has 0 aliphatic carbocycles. The lowest BCUT2D eigenvalue weighted by molar-refractivity contribution is 0.196.